The van der Waals surface area contributed by atoms with Crippen LogP contribution in [0, 0.1) is 0 Å². The molecule has 0 aliphatic rings. The Morgan fingerprint density at radius 1 is 1.44 bits per heavy atom. The van der Waals surface area contributed by atoms with Crippen LogP contribution in [0.1, 0.15) is 15.9 Å². The number of carboxylic acids is 1. The SMILES string of the molecule is COc1ccccc1Cn1[nH]cc(C(=O)O)c1=O. The van der Waals surface area contributed by atoms with Crippen molar-refractivity contribution in [2.24, 2.45) is 0 Å². The van der Waals surface area contributed by atoms with Gasteiger partial charge in [-0.1, -0.05) is 18.2 Å². The smallest absolute Gasteiger partial charge is 0.342 e. The molecule has 0 unspecified atom stereocenters. The van der Waals surface area contributed by atoms with Crippen LogP contribution in [0.2, 0.25) is 0 Å². The third-order valence-corrected chi connectivity index (χ3v) is 2.59. The number of ether oxygens (including phenoxy) is 1. The molecule has 0 bridgehead atoms. The van der Waals surface area contributed by atoms with Crippen molar-refractivity contribution >= 4 is 5.97 Å². The molecule has 1 aromatic carbocycles. The number of carboxylic acid groups (broad SMARTS) is 1. The molecule has 0 saturated heterocycles. The largest absolute Gasteiger partial charge is 0.496 e. The molecule has 6 nitrogen and oxygen atoms in total. The van der Waals surface area contributed by atoms with E-state index in [1.54, 1.807) is 13.2 Å². The van der Waals surface area contributed by atoms with E-state index in [4.69, 9.17) is 9.84 Å². The fourth-order valence-corrected chi connectivity index (χ4v) is 1.68. The van der Waals surface area contributed by atoms with Gasteiger partial charge in [0.05, 0.1) is 13.7 Å². The molecular formula is C12H12N2O4. The number of benzene rings is 1. The molecule has 1 aromatic heterocycles. The second-order valence-corrected chi connectivity index (χ2v) is 3.70. The molecule has 0 aliphatic carbocycles. The van der Waals surface area contributed by atoms with Gasteiger partial charge in [-0.2, -0.15) is 0 Å². The fraction of sp³-hybridized carbons (Fsp3) is 0.167. The standard InChI is InChI=1S/C12H12N2O4/c1-18-10-5-3-2-4-8(10)7-14-11(15)9(6-13-14)12(16)17/h2-6,13H,7H2,1H3,(H,16,17). The number of nitrogens with zero attached hydrogens (tertiary/aromatic N) is 1. The van der Waals surface area contributed by atoms with E-state index in [9.17, 15) is 9.59 Å². The predicted molar refractivity (Wildman–Crippen MR) is 64.1 cm³/mol. The van der Waals surface area contributed by atoms with Crippen LogP contribution >= 0.6 is 0 Å². The molecule has 0 spiro atoms. The topological polar surface area (TPSA) is 84.3 Å². The van der Waals surface area contributed by atoms with E-state index < -0.39 is 11.5 Å². The average Bonchev–Trinajstić information content (AvgIpc) is 2.72. The average molecular weight is 248 g/mol. The number of hydrogen-bond donors (Lipinski definition) is 2. The van der Waals surface area contributed by atoms with Crippen LogP contribution in [0.25, 0.3) is 0 Å². The van der Waals surface area contributed by atoms with Gasteiger partial charge in [-0.3, -0.25) is 4.79 Å². The molecule has 1 heterocycles. The molecule has 0 fully saturated rings. The second-order valence-electron chi connectivity index (χ2n) is 3.70. The van der Waals surface area contributed by atoms with Crippen LogP contribution < -0.4 is 10.3 Å². The zero-order valence-electron chi connectivity index (χ0n) is 9.71. The summed E-state index contributed by atoms with van der Waals surface area (Å²) >= 11 is 0. The lowest BCUT2D eigenvalue weighted by Crippen LogP contribution is -2.22. The maximum absolute atomic E-state index is 11.7. The van der Waals surface area contributed by atoms with Gasteiger partial charge < -0.3 is 14.9 Å². The lowest BCUT2D eigenvalue weighted by atomic mass is 10.2. The van der Waals surface area contributed by atoms with E-state index in [0.29, 0.717) is 5.75 Å². The van der Waals surface area contributed by atoms with Crippen LogP contribution in [0.15, 0.2) is 35.3 Å². The van der Waals surface area contributed by atoms with E-state index in [-0.39, 0.29) is 12.1 Å². The van der Waals surface area contributed by atoms with Crippen molar-refractivity contribution in [1.82, 2.24) is 9.78 Å². The Bertz CT molecular complexity index is 627. The Morgan fingerprint density at radius 3 is 2.78 bits per heavy atom. The van der Waals surface area contributed by atoms with Gasteiger partial charge in [0.15, 0.2) is 0 Å². The third kappa shape index (κ3) is 2.13. The summed E-state index contributed by atoms with van der Waals surface area (Å²) in [5.74, 6) is -0.592. The summed E-state index contributed by atoms with van der Waals surface area (Å²) in [6.07, 6.45) is 1.18. The van der Waals surface area contributed by atoms with E-state index in [0.717, 1.165) is 5.56 Å². The number of H-pyrrole nitrogens is 1. The monoisotopic (exact) mass is 248 g/mol. The summed E-state index contributed by atoms with van der Waals surface area (Å²) in [4.78, 5) is 22.5. The predicted octanol–water partition coefficient (Wildman–Crippen LogP) is 0.931. The highest BCUT2D eigenvalue weighted by atomic mass is 16.5. The highest BCUT2D eigenvalue weighted by molar-refractivity contribution is 5.86. The van der Waals surface area contributed by atoms with Crippen molar-refractivity contribution in [2.75, 3.05) is 7.11 Å². The molecule has 0 saturated carbocycles. The van der Waals surface area contributed by atoms with Gasteiger partial charge in [0.1, 0.15) is 11.3 Å². The lowest BCUT2D eigenvalue weighted by molar-refractivity contribution is 0.0695. The van der Waals surface area contributed by atoms with Gasteiger partial charge in [0.25, 0.3) is 5.56 Å². The zero-order valence-corrected chi connectivity index (χ0v) is 9.71. The third-order valence-electron chi connectivity index (χ3n) is 2.59. The van der Waals surface area contributed by atoms with Crippen molar-refractivity contribution < 1.29 is 14.6 Å². The number of carbonyl (C=O) groups is 1. The molecular weight excluding hydrogens is 236 g/mol. The van der Waals surface area contributed by atoms with Gasteiger partial charge in [0, 0.05) is 11.8 Å². The molecule has 18 heavy (non-hydrogen) atoms. The minimum absolute atomic E-state index is 0.232. The highest BCUT2D eigenvalue weighted by Gasteiger charge is 2.13. The van der Waals surface area contributed by atoms with E-state index in [1.807, 2.05) is 18.2 Å². The number of para-hydroxylation sites is 1. The summed E-state index contributed by atoms with van der Waals surface area (Å²) in [7, 11) is 1.54. The Balaban J connectivity index is 2.35. The Morgan fingerprint density at radius 2 is 2.17 bits per heavy atom. The fourth-order valence-electron chi connectivity index (χ4n) is 1.68. The first-order valence-electron chi connectivity index (χ1n) is 5.27. The van der Waals surface area contributed by atoms with Gasteiger partial charge >= 0.3 is 5.97 Å². The van der Waals surface area contributed by atoms with Gasteiger partial charge in [-0.15, -0.1) is 0 Å². The number of methoxy groups -OCH3 is 1. The lowest BCUT2D eigenvalue weighted by Gasteiger charge is -2.07. The molecule has 2 N–H and O–H groups in total. The minimum Gasteiger partial charge on any atom is -0.496 e. The number of nitrogens with one attached hydrogen (secondary N) is 1. The molecule has 2 rings (SSSR count). The zero-order chi connectivity index (χ0) is 13.1. The summed E-state index contributed by atoms with van der Waals surface area (Å²) in [5, 5.41) is 11.4. The van der Waals surface area contributed by atoms with Gasteiger partial charge in [0.2, 0.25) is 0 Å². The van der Waals surface area contributed by atoms with Crippen molar-refractivity contribution in [2.45, 2.75) is 6.54 Å². The molecule has 6 heteroatoms. The van der Waals surface area contributed by atoms with Crippen molar-refractivity contribution in [3.8, 4) is 5.75 Å². The number of aromatic carboxylic acids is 1. The first-order valence-corrected chi connectivity index (χ1v) is 5.27. The van der Waals surface area contributed by atoms with Crippen LogP contribution in [-0.4, -0.2) is 28.0 Å². The summed E-state index contributed by atoms with van der Waals surface area (Å²) < 4.78 is 6.39. The van der Waals surface area contributed by atoms with Crippen molar-refractivity contribution in [3.63, 3.8) is 0 Å². The number of rotatable bonds is 4. The van der Waals surface area contributed by atoms with E-state index in [2.05, 4.69) is 5.10 Å². The highest BCUT2D eigenvalue weighted by Crippen LogP contribution is 2.17. The van der Waals surface area contributed by atoms with Crippen LogP contribution in [0.4, 0.5) is 0 Å². The van der Waals surface area contributed by atoms with Crippen molar-refractivity contribution in [1.29, 1.82) is 0 Å². The number of aromatic amines is 1. The van der Waals surface area contributed by atoms with Crippen LogP contribution in [0.3, 0.4) is 0 Å². The Labute approximate surface area is 102 Å². The van der Waals surface area contributed by atoms with E-state index in [1.165, 1.54) is 10.9 Å². The molecule has 0 amide bonds. The maximum Gasteiger partial charge on any atom is 0.342 e. The molecule has 2 aromatic rings. The van der Waals surface area contributed by atoms with E-state index >= 15 is 0 Å². The normalized spacial score (nSPS) is 10.3. The molecule has 0 atom stereocenters. The summed E-state index contributed by atoms with van der Waals surface area (Å²) in [5.41, 5.74) is -0.0424. The summed E-state index contributed by atoms with van der Waals surface area (Å²) in [6, 6.07) is 7.24. The van der Waals surface area contributed by atoms with Gasteiger partial charge in [-0.25, -0.2) is 9.48 Å². The molecule has 0 radical (unpaired) electrons. The maximum atomic E-state index is 11.7. The van der Waals surface area contributed by atoms with Gasteiger partial charge in [-0.05, 0) is 6.07 Å². The minimum atomic E-state index is -1.24. The summed E-state index contributed by atoms with van der Waals surface area (Å²) in [6.45, 7) is 0.232. The quantitative estimate of drug-likeness (QED) is 0.843. The first kappa shape index (κ1) is 12.0. The Kier molecular flexibility index (Phi) is 3.18. The van der Waals surface area contributed by atoms with Crippen LogP contribution in [0.5, 0.6) is 5.75 Å². The first-order chi connectivity index (χ1) is 8.63. The van der Waals surface area contributed by atoms with Crippen molar-refractivity contribution in [3.05, 3.63) is 51.9 Å². The van der Waals surface area contributed by atoms with Crippen LogP contribution in [-0.2, 0) is 6.54 Å². The Hall–Kier alpha value is -2.50. The number of aromatic nitrogens is 2. The number of hydrogen-bond acceptors (Lipinski definition) is 3. The molecule has 94 valence electrons. The second kappa shape index (κ2) is 4.79. The molecule has 0 aliphatic heterocycles.